The molecule has 0 N–H and O–H groups in total. The lowest BCUT2D eigenvalue weighted by Gasteiger charge is -2.18. The van der Waals surface area contributed by atoms with Crippen LogP contribution >= 0.6 is 0 Å². The monoisotopic (exact) mass is 429 g/mol. The maximum atomic E-state index is 13.1. The highest BCUT2D eigenvalue weighted by Crippen LogP contribution is 2.28. The van der Waals surface area contributed by atoms with E-state index in [4.69, 9.17) is 11.2 Å². The Morgan fingerprint density at radius 1 is 1.03 bits per heavy atom. The minimum Gasteiger partial charge on any atom is -0.481 e. The van der Waals surface area contributed by atoms with Gasteiger partial charge in [-0.3, -0.25) is 19.0 Å². The highest BCUT2D eigenvalue weighted by Gasteiger charge is 2.35. The van der Waals surface area contributed by atoms with Crippen LogP contribution in [0.1, 0.15) is 22.8 Å². The molecule has 1 atom stereocenters. The van der Waals surface area contributed by atoms with Crippen molar-refractivity contribution in [2.24, 2.45) is 0 Å². The number of amides is 1. The molecule has 32 heavy (non-hydrogen) atoms. The zero-order chi connectivity index (χ0) is 22.7. The number of carbonyl (C=O) groups excluding carboxylic acids is 2. The Bertz CT molecular complexity index is 1320. The molecule has 0 spiro atoms. The fourth-order valence-electron chi connectivity index (χ4n) is 3.65. The summed E-state index contributed by atoms with van der Waals surface area (Å²) in [6.45, 7) is 0.524. The van der Waals surface area contributed by atoms with Gasteiger partial charge in [0.15, 0.2) is 0 Å². The molecule has 8 nitrogen and oxygen atoms in total. The van der Waals surface area contributed by atoms with E-state index < -0.39 is 23.2 Å². The first-order valence-electron chi connectivity index (χ1n) is 9.93. The first-order valence-corrected chi connectivity index (χ1v) is 9.93. The van der Waals surface area contributed by atoms with E-state index in [1.54, 1.807) is 47.4 Å². The third-order valence-electron chi connectivity index (χ3n) is 5.22. The first kappa shape index (κ1) is 20.9. The molecule has 1 amide bonds. The van der Waals surface area contributed by atoms with E-state index >= 15 is 0 Å². The van der Waals surface area contributed by atoms with Gasteiger partial charge in [-0.1, -0.05) is 24.1 Å². The Hall–Kier alpha value is -4.38. The smallest absolute Gasteiger partial charge is 0.338 e. The maximum absolute atomic E-state index is 13.1. The number of hydrogen-bond donors (Lipinski definition) is 0. The standard InChI is InChI=1S/C24H19N3O5/c1-2-16-32-19-10-8-18(9-11-19)25-14-12-20(23(25)30)26-15-13-21(28)27(24(26)31)22(29)17-6-4-3-5-7-17/h1,3-11,13,15,20H,12,14,16H2. The van der Waals surface area contributed by atoms with E-state index in [1.807, 2.05) is 0 Å². The van der Waals surface area contributed by atoms with Crippen LogP contribution in [0.2, 0.25) is 0 Å². The molecular formula is C24H19N3O5. The van der Waals surface area contributed by atoms with Crippen LogP contribution in [-0.4, -0.2) is 34.1 Å². The molecule has 2 heterocycles. The van der Waals surface area contributed by atoms with Crippen LogP contribution in [-0.2, 0) is 4.79 Å². The van der Waals surface area contributed by atoms with Gasteiger partial charge in [-0.2, -0.15) is 4.57 Å². The number of nitrogens with zero attached hydrogens (tertiary/aromatic N) is 3. The van der Waals surface area contributed by atoms with Crippen molar-refractivity contribution in [3.8, 4) is 18.1 Å². The van der Waals surface area contributed by atoms with E-state index in [0.29, 0.717) is 29.0 Å². The molecule has 0 bridgehead atoms. The van der Waals surface area contributed by atoms with Crippen molar-refractivity contribution >= 4 is 17.5 Å². The van der Waals surface area contributed by atoms with Crippen LogP contribution < -0.4 is 20.9 Å². The van der Waals surface area contributed by atoms with Crippen molar-refractivity contribution < 1.29 is 14.3 Å². The summed E-state index contributed by atoms with van der Waals surface area (Å²) in [4.78, 5) is 52.7. The number of ether oxygens (including phenoxy) is 1. The summed E-state index contributed by atoms with van der Waals surface area (Å²) in [5, 5.41) is 0. The predicted octanol–water partition coefficient (Wildman–Crippen LogP) is 1.69. The largest absolute Gasteiger partial charge is 0.481 e. The fraction of sp³-hybridized carbons (Fsp3) is 0.167. The lowest BCUT2D eigenvalue weighted by atomic mass is 10.2. The van der Waals surface area contributed by atoms with Gasteiger partial charge in [0, 0.05) is 30.1 Å². The molecule has 1 saturated heterocycles. The molecule has 1 fully saturated rings. The van der Waals surface area contributed by atoms with Crippen molar-refractivity contribution in [3.05, 3.63) is 93.3 Å². The normalized spacial score (nSPS) is 15.4. The fourth-order valence-corrected chi connectivity index (χ4v) is 3.65. The number of hydrogen-bond acceptors (Lipinski definition) is 5. The predicted molar refractivity (Wildman–Crippen MR) is 118 cm³/mol. The summed E-state index contributed by atoms with van der Waals surface area (Å²) < 4.78 is 7.05. The summed E-state index contributed by atoms with van der Waals surface area (Å²) in [6, 6.07) is 15.2. The summed E-state index contributed by atoms with van der Waals surface area (Å²) in [5.74, 6) is 1.92. The first-order chi connectivity index (χ1) is 15.5. The second-order valence-corrected chi connectivity index (χ2v) is 7.13. The second kappa shape index (κ2) is 8.78. The molecule has 1 aliphatic heterocycles. The molecule has 1 aliphatic rings. The highest BCUT2D eigenvalue weighted by molar-refractivity contribution is 5.98. The van der Waals surface area contributed by atoms with E-state index in [2.05, 4.69) is 5.92 Å². The molecule has 4 rings (SSSR count). The zero-order valence-electron chi connectivity index (χ0n) is 17.0. The highest BCUT2D eigenvalue weighted by atomic mass is 16.5. The van der Waals surface area contributed by atoms with E-state index in [0.717, 1.165) is 10.6 Å². The quantitative estimate of drug-likeness (QED) is 0.576. The molecule has 2 aromatic carbocycles. The third kappa shape index (κ3) is 3.84. The van der Waals surface area contributed by atoms with Gasteiger partial charge in [-0.15, -0.1) is 6.42 Å². The summed E-state index contributed by atoms with van der Waals surface area (Å²) in [5.41, 5.74) is -0.738. The SMILES string of the molecule is C#CCOc1ccc(N2CCC(n3ccc(=O)n(C(=O)c4ccccc4)c3=O)C2=O)cc1. The molecule has 8 heteroatoms. The molecule has 1 unspecified atom stereocenters. The van der Waals surface area contributed by atoms with Crippen LogP contribution in [0, 0.1) is 12.3 Å². The van der Waals surface area contributed by atoms with E-state index in [-0.39, 0.29) is 18.1 Å². The molecule has 0 radical (unpaired) electrons. The Labute approximate surface area is 183 Å². The van der Waals surface area contributed by atoms with Gasteiger partial charge in [0.05, 0.1) is 0 Å². The molecule has 160 valence electrons. The number of benzene rings is 2. The maximum Gasteiger partial charge on any atom is 0.338 e. The van der Waals surface area contributed by atoms with Crippen molar-refractivity contribution in [2.75, 3.05) is 18.1 Å². The van der Waals surface area contributed by atoms with Gasteiger partial charge in [0.1, 0.15) is 18.4 Å². The molecule has 1 aromatic heterocycles. The van der Waals surface area contributed by atoms with Crippen molar-refractivity contribution in [3.63, 3.8) is 0 Å². The topological polar surface area (TPSA) is 90.6 Å². The molecule has 0 aliphatic carbocycles. The number of terminal acetylenes is 1. The number of carbonyl (C=O) groups is 2. The van der Waals surface area contributed by atoms with Crippen molar-refractivity contribution in [1.82, 2.24) is 9.13 Å². The van der Waals surface area contributed by atoms with Crippen LogP contribution in [0.15, 0.2) is 76.4 Å². The lowest BCUT2D eigenvalue weighted by Crippen LogP contribution is -2.45. The average molecular weight is 429 g/mol. The number of aromatic nitrogens is 2. The summed E-state index contributed by atoms with van der Waals surface area (Å²) in [7, 11) is 0. The Morgan fingerprint density at radius 3 is 2.44 bits per heavy atom. The zero-order valence-corrected chi connectivity index (χ0v) is 17.0. The minimum atomic E-state index is -0.843. The van der Waals surface area contributed by atoms with Gasteiger partial charge < -0.3 is 9.64 Å². The van der Waals surface area contributed by atoms with Crippen LogP contribution in [0.5, 0.6) is 5.75 Å². The summed E-state index contributed by atoms with van der Waals surface area (Å²) in [6.07, 6.45) is 6.80. The third-order valence-corrected chi connectivity index (χ3v) is 5.22. The van der Waals surface area contributed by atoms with Crippen molar-refractivity contribution in [2.45, 2.75) is 12.5 Å². The molecule has 0 saturated carbocycles. The Balaban J connectivity index is 1.62. The van der Waals surface area contributed by atoms with Crippen LogP contribution in [0.3, 0.4) is 0 Å². The second-order valence-electron chi connectivity index (χ2n) is 7.13. The van der Waals surface area contributed by atoms with E-state index in [1.165, 1.54) is 18.3 Å². The Morgan fingerprint density at radius 2 is 1.75 bits per heavy atom. The molecule has 3 aromatic rings. The molecular weight excluding hydrogens is 410 g/mol. The van der Waals surface area contributed by atoms with Gasteiger partial charge in [-0.05, 0) is 42.8 Å². The van der Waals surface area contributed by atoms with Crippen LogP contribution in [0.4, 0.5) is 5.69 Å². The summed E-state index contributed by atoms with van der Waals surface area (Å²) >= 11 is 0. The van der Waals surface area contributed by atoms with Crippen molar-refractivity contribution in [1.29, 1.82) is 0 Å². The lowest BCUT2D eigenvalue weighted by molar-refractivity contribution is -0.119. The average Bonchev–Trinajstić information content (AvgIpc) is 3.19. The minimum absolute atomic E-state index is 0.143. The van der Waals surface area contributed by atoms with Gasteiger partial charge >= 0.3 is 5.69 Å². The van der Waals surface area contributed by atoms with Crippen LogP contribution in [0.25, 0.3) is 0 Å². The number of anilines is 1. The van der Waals surface area contributed by atoms with Gasteiger partial charge in [-0.25, -0.2) is 4.79 Å². The number of rotatable bonds is 5. The Kier molecular flexibility index (Phi) is 5.73. The van der Waals surface area contributed by atoms with Gasteiger partial charge in [0.25, 0.3) is 11.5 Å². The van der Waals surface area contributed by atoms with Gasteiger partial charge in [0.2, 0.25) is 5.91 Å². The van der Waals surface area contributed by atoms with E-state index in [9.17, 15) is 19.2 Å².